The van der Waals surface area contributed by atoms with Gasteiger partial charge in [0.1, 0.15) is 0 Å². The number of aryl methyl sites for hydroxylation is 2. The summed E-state index contributed by atoms with van der Waals surface area (Å²) in [6.07, 6.45) is 2.67. The molecule has 0 aromatic heterocycles. The molecule has 0 heterocycles. The van der Waals surface area contributed by atoms with Gasteiger partial charge in [0.25, 0.3) is 0 Å². The van der Waals surface area contributed by atoms with Gasteiger partial charge in [-0.25, -0.2) is 0 Å². The van der Waals surface area contributed by atoms with Gasteiger partial charge < -0.3 is 4.74 Å². The second-order valence-electron chi connectivity index (χ2n) is 3.47. The van der Waals surface area contributed by atoms with Gasteiger partial charge in [-0.2, -0.15) is 0 Å². The first kappa shape index (κ1) is 7.81. The molecule has 1 aliphatic rings. The fourth-order valence-electron chi connectivity index (χ4n) is 1.93. The standard InChI is InChI=1S/C11H14O/c1-8-3-4-9-5-6-11(12-2)10(9)7-8/h3-4,7,11H,5-6H2,1-2H3/t11-/m0/s1. The van der Waals surface area contributed by atoms with E-state index >= 15 is 0 Å². The Morgan fingerprint density at radius 3 is 3.00 bits per heavy atom. The Bertz CT molecular complexity index is 291. The van der Waals surface area contributed by atoms with Crippen LogP contribution in [0.3, 0.4) is 0 Å². The van der Waals surface area contributed by atoms with Crippen LogP contribution in [-0.2, 0) is 11.2 Å². The maximum atomic E-state index is 5.39. The number of ether oxygens (including phenoxy) is 1. The molecule has 1 aromatic carbocycles. The van der Waals surface area contributed by atoms with Crippen molar-refractivity contribution in [3.05, 3.63) is 34.9 Å². The molecule has 0 N–H and O–H groups in total. The molecule has 0 aliphatic heterocycles. The molecule has 12 heavy (non-hydrogen) atoms. The Morgan fingerprint density at radius 2 is 2.25 bits per heavy atom. The summed E-state index contributed by atoms with van der Waals surface area (Å²) in [6, 6.07) is 6.65. The van der Waals surface area contributed by atoms with Crippen LogP contribution < -0.4 is 0 Å². The summed E-state index contributed by atoms with van der Waals surface area (Å²) in [4.78, 5) is 0. The van der Waals surface area contributed by atoms with Crippen LogP contribution in [0.4, 0.5) is 0 Å². The van der Waals surface area contributed by atoms with Gasteiger partial charge in [0, 0.05) is 7.11 Å². The topological polar surface area (TPSA) is 9.23 Å². The number of benzene rings is 1. The lowest BCUT2D eigenvalue weighted by Crippen LogP contribution is -1.95. The molecule has 0 radical (unpaired) electrons. The molecule has 0 amide bonds. The van der Waals surface area contributed by atoms with E-state index in [0.29, 0.717) is 6.10 Å². The van der Waals surface area contributed by atoms with Crippen LogP contribution >= 0.6 is 0 Å². The molecular formula is C11H14O. The van der Waals surface area contributed by atoms with Gasteiger partial charge in [-0.3, -0.25) is 0 Å². The van der Waals surface area contributed by atoms with Crippen molar-refractivity contribution < 1.29 is 4.74 Å². The Balaban J connectivity index is 2.42. The van der Waals surface area contributed by atoms with Crippen LogP contribution in [0.1, 0.15) is 29.2 Å². The molecule has 0 fully saturated rings. The van der Waals surface area contributed by atoms with E-state index in [4.69, 9.17) is 4.74 Å². The zero-order valence-electron chi connectivity index (χ0n) is 7.63. The highest BCUT2D eigenvalue weighted by Gasteiger charge is 2.21. The summed E-state index contributed by atoms with van der Waals surface area (Å²) >= 11 is 0. The molecule has 0 spiro atoms. The monoisotopic (exact) mass is 162 g/mol. The van der Waals surface area contributed by atoms with Crippen LogP contribution in [0.15, 0.2) is 18.2 Å². The van der Waals surface area contributed by atoms with Crippen molar-refractivity contribution in [1.29, 1.82) is 0 Å². The molecule has 0 bridgehead atoms. The van der Waals surface area contributed by atoms with Crippen molar-refractivity contribution in [2.24, 2.45) is 0 Å². The SMILES string of the molecule is CO[C@H]1CCc2ccc(C)cc21. The Morgan fingerprint density at radius 1 is 1.42 bits per heavy atom. The Hall–Kier alpha value is -0.820. The van der Waals surface area contributed by atoms with Crippen LogP contribution in [0.2, 0.25) is 0 Å². The molecule has 0 saturated carbocycles. The molecule has 64 valence electrons. The van der Waals surface area contributed by atoms with Gasteiger partial charge >= 0.3 is 0 Å². The highest BCUT2D eigenvalue weighted by atomic mass is 16.5. The predicted molar refractivity (Wildman–Crippen MR) is 49.3 cm³/mol. The molecule has 1 nitrogen and oxygen atoms in total. The van der Waals surface area contributed by atoms with Crippen molar-refractivity contribution in [2.45, 2.75) is 25.9 Å². The molecule has 0 saturated heterocycles. The highest BCUT2D eigenvalue weighted by Crippen LogP contribution is 2.33. The number of methoxy groups -OCH3 is 1. The summed E-state index contributed by atoms with van der Waals surface area (Å²) in [5.74, 6) is 0. The molecule has 0 unspecified atom stereocenters. The summed E-state index contributed by atoms with van der Waals surface area (Å²) < 4.78 is 5.39. The van der Waals surface area contributed by atoms with Crippen LogP contribution in [0.25, 0.3) is 0 Å². The average Bonchev–Trinajstić information content (AvgIpc) is 2.46. The first-order valence-corrected chi connectivity index (χ1v) is 4.43. The lowest BCUT2D eigenvalue weighted by Gasteiger charge is -2.09. The van der Waals surface area contributed by atoms with Gasteiger partial charge in [0.05, 0.1) is 6.10 Å². The zero-order valence-corrected chi connectivity index (χ0v) is 7.63. The summed E-state index contributed by atoms with van der Waals surface area (Å²) in [7, 11) is 1.79. The van der Waals surface area contributed by atoms with E-state index in [-0.39, 0.29) is 0 Å². The number of hydrogen-bond acceptors (Lipinski definition) is 1. The van der Waals surface area contributed by atoms with Crippen molar-refractivity contribution >= 4 is 0 Å². The van der Waals surface area contributed by atoms with E-state index in [1.165, 1.54) is 23.1 Å². The van der Waals surface area contributed by atoms with E-state index in [1.807, 2.05) is 0 Å². The predicted octanol–water partition coefficient (Wildman–Crippen LogP) is 2.63. The highest BCUT2D eigenvalue weighted by molar-refractivity contribution is 5.36. The first-order valence-electron chi connectivity index (χ1n) is 4.43. The van der Waals surface area contributed by atoms with Crippen molar-refractivity contribution in [3.63, 3.8) is 0 Å². The van der Waals surface area contributed by atoms with Gasteiger partial charge in [-0.05, 0) is 30.9 Å². The van der Waals surface area contributed by atoms with E-state index < -0.39 is 0 Å². The number of rotatable bonds is 1. The smallest absolute Gasteiger partial charge is 0.0827 e. The van der Waals surface area contributed by atoms with Crippen LogP contribution in [-0.4, -0.2) is 7.11 Å². The second-order valence-corrected chi connectivity index (χ2v) is 3.47. The van der Waals surface area contributed by atoms with Gasteiger partial charge in [-0.1, -0.05) is 23.8 Å². The van der Waals surface area contributed by atoms with E-state index in [9.17, 15) is 0 Å². The quantitative estimate of drug-likeness (QED) is 0.616. The lowest BCUT2D eigenvalue weighted by atomic mass is 10.1. The van der Waals surface area contributed by atoms with E-state index in [1.54, 1.807) is 7.11 Å². The number of hydrogen-bond donors (Lipinski definition) is 0. The third kappa shape index (κ3) is 1.14. The average molecular weight is 162 g/mol. The number of fused-ring (bicyclic) bond motifs is 1. The summed E-state index contributed by atoms with van der Waals surface area (Å²) in [6.45, 7) is 2.13. The molecular weight excluding hydrogens is 148 g/mol. The van der Waals surface area contributed by atoms with Crippen LogP contribution in [0.5, 0.6) is 0 Å². The van der Waals surface area contributed by atoms with Gasteiger partial charge in [0.2, 0.25) is 0 Å². The van der Waals surface area contributed by atoms with Crippen LogP contribution in [0, 0.1) is 6.92 Å². The maximum Gasteiger partial charge on any atom is 0.0827 e. The van der Waals surface area contributed by atoms with E-state index in [0.717, 1.165) is 6.42 Å². The van der Waals surface area contributed by atoms with E-state index in [2.05, 4.69) is 25.1 Å². The molecule has 1 aromatic rings. The van der Waals surface area contributed by atoms with Crippen molar-refractivity contribution in [1.82, 2.24) is 0 Å². The minimum atomic E-state index is 0.347. The molecule has 1 atom stereocenters. The minimum absolute atomic E-state index is 0.347. The second kappa shape index (κ2) is 2.91. The minimum Gasteiger partial charge on any atom is -0.377 e. The lowest BCUT2D eigenvalue weighted by molar-refractivity contribution is 0.105. The Labute approximate surface area is 73.4 Å². The maximum absolute atomic E-state index is 5.39. The van der Waals surface area contributed by atoms with Crippen molar-refractivity contribution in [2.75, 3.05) is 7.11 Å². The zero-order chi connectivity index (χ0) is 8.55. The largest absolute Gasteiger partial charge is 0.377 e. The third-order valence-electron chi connectivity index (χ3n) is 2.61. The summed E-state index contributed by atoms with van der Waals surface area (Å²) in [5, 5.41) is 0. The Kier molecular flexibility index (Phi) is 1.89. The summed E-state index contributed by atoms with van der Waals surface area (Å²) in [5.41, 5.74) is 4.20. The van der Waals surface area contributed by atoms with Crippen molar-refractivity contribution in [3.8, 4) is 0 Å². The fraction of sp³-hybridized carbons (Fsp3) is 0.455. The normalized spacial score (nSPS) is 21.0. The first-order chi connectivity index (χ1) is 5.81. The van der Waals surface area contributed by atoms with Gasteiger partial charge in [-0.15, -0.1) is 0 Å². The molecule has 1 aliphatic carbocycles. The van der Waals surface area contributed by atoms with Gasteiger partial charge in [0.15, 0.2) is 0 Å². The fourth-order valence-corrected chi connectivity index (χ4v) is 1.93. The molecule has 1 heteroatoms. The third-order valence-corrected chi connectivity index (χ3v) is 2.61. The molecule has 2 rings (SSSR count).